The van der Waals surface area contributed by atoms with E-state index in [1.54, 1.807) is 6.92 Å². The molecule has 9 heteroatoms. The van der Waals surface area contributed by atoms with E-state index < -0.39 is 10.9 Å². The molecule has 8 nitrogen and oxygen atoms in total. The van der Waals surface area contributed by atoms with E-state index in [2.05, 4.69) is 4.74 Å². The molecule has 0 saturated carbocycles. The van der Waals surface area contributed by atoms with Crippen molar-refractivity contribution in [3.63, 3.8) is 0 Å². The predicted octanol–water partition coefficient (Wildman–Crippen LogP) is 2.59. The monoisotopic (exact) mass is 334 g/mol. The first-order valence-electron chi connectivity index (χ1n) is 6.26. The number of aromatic nitrogens is 1. The number of nitro groups is 1. The van der Waals surface area contributed by atoms with E-state index in [0.29, 0.717) is 5.56 Å². The molecule has 0 atom stereocenters. The van der Waals surface area contributed by atoms with E-state index in [1.165, 1.54) is 16.8 Å². The standard InChI is InChI=1S/C14H11ClN4O4/c1-7-3-9(15)4-10(19(21)22)12(7)18-6-8(5-16)11(17)13(18)14(20)23-2/h3-4,6H,17H2,1-2H3. The second-order valence-corrected chi connectivity index (χ2v) is 5.06. The molecule has 2 N–H and O–H groups in total. The lowest BCUT2D eigenvalue weighted by molar-refractivity contribution is -0.384. The van der Waals surface area contributed by atoms with E-state index in [9.17, 15) is 14.9 Å². The highest BCUT2D eigenvalue weighted by Crippen LogP contribution is 2.34. The Kier molecular flexibility index (Phi) is 4.24. The van der Waals surface area contributed by atoms with Crippen molar-refractivity contribution in [1.82, 2.24) is 4.57 Å². The number of nitrogens with zero attached hydrogens (tertiary/aromatic N) is 3. The number of ether oxygens (including phenoxy) is 1. The third-order valence-electron chi connectivity index (χ3n) is 3.23. The first-order chi connectivity index (χ1) is 10.8. The summed E-state index contributed by atoms with van der Waals surface area (Å²) >= 11 is 5.86. The topological polar surface area (TPSA) is 124 Å². The lowest BCUT2D eigenvalue weighted by Gasteiger charge is -2.12. The van der Waals surface area contributed by atoms with Gasteiger partial charge in [-0.15, -0.1) is 0 Å². The molecule has 2 rings (SSSR count). The van der Waals surface area contributed by atoms with Gasteiger partial charge in [0.15, 0.2) is 5.69 Å². The first kappa shape index (κ1) is 16.3. The molecule has 0 aliphatic carbocycles. The minimum atomic E-state index is -0.812. The number of halogens is 1. The minimum Gasteiger partial charge on any atom is -0.464 e. The van der Waals surface area contributed by atoms with Gasteiger partial charge in [0.05, 0.1) is 23.3 Å². The number of hydrogen-bond donors (Lipinski definition) is 1. The quantitative estimate of drug-likeness (QED) is 0.522. The number of anilines is 1. The van der Waals surface area contributed by atoms with Crippen LogP contribution in [0, 0.1) is 28.4 Å². The van der Waals surface area contributed by atoms with Gasteiger partial charge in [0.1, 0.15) is 11.8 Å². The summed E-state index contributed by atoms with van der Waals surface area (Å²) < 4.78 is 5.84. The Morgan fingerprint density at radius 2 is 2.17 bits per heavy atom. The maximum atomic E-state index is 12.0. The molecule has 1 heterocycles. The number of carbonyl (C=O) groups excluding carboxylic acids is 1. The average Bonchev–Trinajstić information content (AvgIpc) is 2.82. The van der Waals surface area contributed by atoms with Gasteiger partial charge in [-0.05, 0) is 18.6 Å². The Morgan fingerprint density at radius 1 is 1.52 bits per heavy atom. The summed E-state index contributed by atoms with van der Waals surface area (Å²) in [5.41, 5.74) is 5.75. The Hall–Kier alpha value is -3.05. The summed E-state index contributed by atoms with van der Waals surface area (Å²) in [5, 5.41) is 20.6. The van der Waals surface area contributed by atoms with Crippen LogP contribution in [0.3, 0.4) is 0 Å². The van der Waals surface area contributed by atoms with E-state index in [0.717, 1.165) is 13.2 Å². The fraction of sp³-hybridized carbons (Fsp3) is 0.143. The van der Waals surface area contributed by atoms with Gasteiger partial charge in [-0.2, -0.15) is 5.26 Å². The average molecular weight is 335 g/mol. The molecule has 0 radical (unpaired) electrons. The van der Waals surface area contributed by atoms with Crippen LogP contribution in [0.1, 0.15) is 21.6 Å². The van der Waals surface area contributed by atoms with Gasteiger partial charge in [-0.3, -0.25) is 10.1 Å². The number of nitrogen functional groups attached to an aromatic ring is 1. The van der Waals surface area contributed by atoms with Crippen LogP contribution in [0.2, 0.25) is 5.02 Å². The van der Waals surface area contributed by atoms with E-state index in [4.69, 9.17) is 22.6 Å². The van der Waals surface area contributed by atoms with E-state index in [1.807, 2.05) is 6.07 Å². The number of nitro benzene ring substituents is 1. The number of aryl methyl sites for hydroxylation is 1. The van der Waals surface area contributed by atoms with Crippen molar-refractivity contribution in [3.05, 3.63) is 50.3 Å². The van der Waals surface area contributed by atoms with Gasteiger partial charge in [0.2, 0.25) is 0 Å². The number of benzene rings is 1. The van der Waals surface area contributed by atoms with Crippen molar-refractivity contribution < 1.29 is 14.5 Å². The number of esters is 1. The number of nitrogens with two attached hydrogens (primary N) is 1. The first-order valence-corrected chi connectivity index (χ1v) is 6.63. The molecule has 2 aromatic rings. The van der Waals surface area contributed by atoms with Crippen molar-refractivity contribution in [3.8, 4) is 11.8 Å². The van der Waals surface area contributed by atoms with Crippen LogP contribution in [-0.2, 0) is 4.74 Å². The highest BCUT2D eigenvalue weighted by atomic mass is 35.5. The molecular formula is C14H11ClN4O4. The van der Waals surface area contributed by atoms with Gasteiger partial charge in [-0.1, -0.05) is 11.6 Å². The maximum absolute atomic E-state index is 12.0. The SMILES string of the molecule is COC(=O)c1c(N)c(C#N)cn1-c1c(C)cc(Cl)cc1[N+](=O)[O-]. The highest BCUT2D eigenvalue weighted by Gasteiger charge is 2.27. The zero-order valence-electron chi connectivity index (χ0n) is 12.2. The Labute approximate surface area is 135 Å². The van der Waals surface area contributed by atoms with Crippen LogP contribution < -0.4 is 5.73 Å². The van der Waals surface area contributed by atoms with Crippen molar-refractivity contribution in [2.45, 2.75) is 6.92 Å². The van der Waals surface area contributed by atoms with Crippen LogP contribution in [-0.4, -0.2) is 22.6 Å². The third-order valence-corrected chi connectivity index (χ3v) is 3.44. The largest absolute Gasteiger partial charge is 0.464 e. The zero-order valence-corrected chi connectivity index (χ0v) is 12.9. The number of methoxy groups -OCH3 is 1. The van der Waals surface area contributed by atoms with Crippen molar-refractivity contribution in [2.24, 2.45) is 0 Å². The summed E-state index contributed by atoms with van der Waals surface area (Å²) in [6.45, 7) is 1.59. The molecule has 0 aliphatic heterocycles. The molecule has 0 unspecified atom stereocenters. The number of hydrogen-bond acceptors (Lipinski definition) is 6. The second-order valence-electron chi connectivity index (χ2n) is 4.63. The lowest BCUT2D eigenvalue weighted by Crippen LogP contribution is -2.13. The molecule has 0 saturated heterocycles. The zero-order chi connectivity index (χ0) is 17.3. The molecular weight excluding hydrogens is 324 g/mol. The summed E-state index contributed by atoms with van der Waals surface area (Å²) in [4.78, 5) is 22.7. The maximum Gasteiger partial charge on any atom is 0.357 e. The number of nitriles is 1. The highest BCUT2D eigenvalue weighted by molar-refractivity contribution is 6.31. The number of rotatable bonds is 3. The summed E-state index contributed by atoms with van der Waals surface area (Å²) in [5.74, 6) is -0.812. The van der Waals surface area contributed by atoms with Gasteiger partial charge in [0.25, 0.3) is 5.69 Å². The van der Waals surface area contributed by atoms with Crippen LogP contribution in [0.4, 0.5) is 11.4 Å². The van der Waals surface area contributed by atoms with Crippen molar-refractivity contribution in [2.75, 3.05) is 12.8 Å². The molecule has 23 heavy (non-hydrogen) atoms. The normalized spacial score (nSPS) is 10.2. The number of carbonyl (C=O) groups is 1. The molecule has 1 aromatic heterocycles. The Bertz CT molecular complexity index is 867. The predicted molar refractivity (Wildman–Crippen MR) is 82.6 cm³/mol. The van der Waals surface area contributed by atoms with Crippen molar-refractivity contribution in [1.29, 1.82) is 5.26 Å². The molecule has 0 spiro atoms. The molecule has 0 amide bonds. The van der Waals surface area contributed by atoms with Gasteiger partial charge >= 0.3 is 5.97 Å². The lowest BCUT2D eigenvalue weighted by atomic mass is 10.1. The van der Waals surface area contributed by atoms with Crippen LogP contribution in [0.25, 0.3) is 5.69 Å². The van der Waals surface area contributed by atoms with Gasteiger partial charge in [0, 0.05) is 17.3 Å². The van der Waals surface area contributed by atoms with E-state index >= 15 is 0 Å². The minimum absolute atomic E-state index is 0.00838. The van der Waals surface area contributed by atoms with Crippen LogP contribution in [0.5, 0.6) is 0 Å². The molecule has 1 aromatic carbocycles. The molecule has 0 fully saturated rings. The van der Waals surface area contributed by atoms with Crippen LogP contribution in [0.15, 0.2) is 18.3 Å². The Morgan fingerprint density at radius 3 is 2.70 bits per heavy atom. The fourth-order valence-electron chi connectivity index (χ4n) is 2.26. The smallest absolute Gasteiger partial charge is 0.357 e. The summed E-state index contributed by atoms with van der Waals surface area (Å²) in [6.07, 6.45) is 1.25. The fourth-order valence-corrected chi connectivity index (χ4v) is 2.53. The second kappa shape index (κ2) is 5.98. The van der Waals surface area contributed by atoms with Gasteiger partial charge < -0.3 is 15.0 Å². The van der Waals surface area contributed by atoms with Crippen molar-refractivity contribution >= 4 is 28.9 Å². The van der Waals surface area contributed by atoms with Gasteiger partial charge in [-0.25, -0.2) is 4.79 Å². The van der Waals surface area contributed by atoms with E-state index in [-0.39, 0.29) is 33.3 Å². The summed E-state index contributed by atoms with van der Waals surface area (Å²) in [7, 11) is 1.15. The molecule has 0 bridgehead atoms. The summed E-state index contributed by atoms with van der Waals surface area (Å²) in [6, 6.07) is 4.50. The Balaban J connectivity index is 2.91. The molecule has 0 aliphatic rings. The third kappa shape index (κ3) is 2.69. The van der Waals surface area contributed by atoms with Crippen LogP contribution >= 0.6 is 11.6 Å². The molecule has 118 valence electrons.